The van der Waals surface area contributed by atoms with Crippen LogP contribution in [-0.4, -0.2) is 42.7 Å². The minimum atomic E-state index is -0.837. The molecule has 0 radical (unpaired) electrons. The topological polar surface area (TPSA) is 103 Å². The summed E-state index contributed by atoms with van der Waals surface area (Å²) in [5.41, 5.74) is 9.94. The smallest absolute Gasteiger partial charge is 0.187 e. The first kappa shape index (κ1) is 18.8. The van der Waals surface area contributed by atoms with E-state index in [4.69, 9.17) is 24.5 Å². The van der Waals surface area contributed by atoms with Gasteiger partial charge in [0.2, 0.25) is 0 Å². The van der Waals surface area contributed by atoms with Gasteiger partial charge in [-0.2, -0.15) is 0 Å². The first-order valence-corrected chi connectivity index (χ1v) is 8.68. The van der Waals surface area contributed by atoms with Crippen molar-refractivity contribution in [1.29, 1.82) is 0 Å². The Kier molecular flexibility index (Phi) is 5.90. The summed E-state index contributed by atoms with van der Waals surface area (Å²) in [6.07, 6.45) is -0.623. The van der Waals surface area contributed by atoms with Gasteiger partial charge in [-0.3, -0.25) is 0 Å². The fraction of sp³-hybridized carbons (Fsp3) is 0.611. The lowest BCUT2D eigenvalue weighted by Gasteiger charge is -2.40. The van der Waals surface area contributed by atoms with Crippen molar-refractivity contribution in [2.24, 2.45) is 5.11 Å². The maximum Gasteiger partial charge on any atom is 0.187 e. The van der Waals surface area contributed by atoms with Gasteiger partial charge in [0.05, 0.1) is 18.8 Å². The second kappa shape index (κ2) is 8.16. The van der Waals surface area contributed by atoms with E-state index in [9.17, 15) is 4.79 Å². The zero-order chi connectivity index (χ0) is 18.6. The predicted molar refractivity (Wildman–Crippen MR) is 91.9 cm³/mol. The molecule has 0 spiro atoms. The highest BCUT2D eigenvalue weighted by Gasteiger charge is 2.55. The number of ether oxygens (including phenoxy) is 4. The molecule has 5 atom stereocenters. The van der Waals surface area contributed by atoms with Crippen molar-refractivity contribution in [2.75, 3.05) is 0 Å². The molecule has 0 amide bonds. The molecular formula is C18H23N3O5. The van der Waals surface area contributed by atoms with Crippen LogP contribution in [0.1, 0.15) is 32.3 Å². The molecule has 0 aromatic heterocycles. The van der Waals surface area contributed by atoms with Crippen LogP contribution in [0.5, 0.6) is 0 Å². The number of carbonyl (C=O) groups excluding carboxylic acids is 1. The molecule has 2 aliphatic rings. The third-order valence-corrected chi connectivity index (χ3v) is 4.47. The molecule has 2 aliphatic heterocycles. The van der Waals surface area contributed by atoms with Crippen LogP contribution in [0.25, 0.3) is 10.4 Å². The highest BCUT2D eigenvalue weighted by molar-refractivity contribution is 5.49. The first-order chi connectivity index (χ1) is 12.5. The average molecular weight is 361 g/mol. The van der Waals surface area contributed by atoms with Gasteiger partial charge in [0.1, 0.15) is 18.5 Å². The van der Waals surface area contributed by atoms with Crippen molar-refractivity contribution in [3.63, 3.8) is 0 Å². The van der Waals surface area contributed by atoms with Gasteiger partial charge in [0, 0.05) is 11.3 Å². The van der Waals surface area contributed by atoms with Gasteiger partial charge in [0.15, 0.2) is 12.1 Å². The summed E-state index contributed by atoms with van der Waals surface area (Å²) in [7, 11) is 0. The number of hydrogen-bond acceptors (Lipinski definition) is 6. The molecule has 2 unspecified atom stereocenters. The molecule has 0 aliphatic carbocycles. The number of aldehydes is 1. The number of azide groups is 1. The summed E-state index contributed by atoms with van der Waals surface area (Å²) in [5.74, 6) is -0.837. The van der Waals surface area contributed by atoms with Gasteiger partial charge in [-0.25, -0.2) is 0 Å². The van der Waals surface area contributed by atoms with Gasteiger partial charge in [-0.1, -0.05) is 35.4 Å². The summed E-state index contributed by atoms with van der Waals surface area (Å²) in [5, 5.41) is 3.86. The zero-order valence-electron chi connectivity index (χ0n) is 14.9. The fourth-order valence-corrected chi connectivity index (χ4v) is 3.39. The number of nitrogens with zero attached hydrogens (tertiary/aromatic N) is 3. The molecule has 2 heterocycles. The Balaban J connectivity index is 1.79. The number of carbonyl (C=O) groups is 1. The highest BCUT2D eigenvalue weighted by atomic mass is 16.8. The summed E-state index contributed by atoms with van der Waals surface area (Å²) in [6.45, 7) is 3.95. The second-order valence-corrected chi connectivity index (χ2v) is 6.84. The van der Waals surface area contributed by atoms with Gasteiger partial charge >= 0.3 is 0 Å². The monoisotopic (exact) mass is 361 g/mol. The lowest BCUT2D eigenvalue weighted by Crippen LogP contribution is -2.56. The molecule has 3 rings (SSSR count). The van der Waals surface area contributed by atoms with Crippen LogP contribution in [0.15, 0.2) is 35.4 Å². The van der Waals surface area contributed by atoms with E-state index < -0.39 is 36.4 Å². The third-order valence-electron chi connectivity index (χ3n) is 4.47. The first-order valence-electron chi connectivity index (χ1n) is 8.68. The molecular weight excluding hydrogens is 338 g/mol. The van der Waals surface area contributed by atoms with Gasteiger partial charge < -0.3 is 23.7 Å². The number of benzene rings is 1. The predicted octanol–water partition coefficient (Wildman–Crippen LogP) is 3.11. The Bertz CT molecular complexity index is 662. The normalized spacial score (nSPS) is 32.5. The van der Waals surface area contributed by atoms with E-state index in [1.165, 1.54) is 0 Å². The molecule has 0 saturated carbocycles. The van der Waals surface area contributed by atoms with E-state index in [1.807, 2.05) is 30.3 Å². The minimum absolute atomic E-state index is 0.301. The van der Waals surface area contributed by atoms with Crippen molar-refractivity contribution in [1.82, 2.24) is 0 Å². The summed E-state index contributed by atoms with van der Waals surface area (Å²) in [6, 6.07) is 9.15. The largest absolute Gasteiger partial charge is 0.346 e. The number of fused-ring (bicyclic) bond motifs is 1. The van der Waals surface area contributed by atoms with Crippen molar-refractivity contribution in [3.8, 4) is 0 Å². The molecule has 0 bridgehead atoms. The van der Waals surface area contributed by atoms with Crippen molar-refractivity contribution in [3.05, 3.63) is 46.3 Å². The van der Waals surface area contributed by atoms with Crippen LogP contribution in [0.2, 0.25) is 0 Å². The van der Waals surface area contributed by atoms with Gasteiger partial charge in [-0.15, -0.1) is 0 Å². The van der Waals surface area contributed by atoms with Crippen LogP contribution >= 0.6 is 0 Å². The molecule has 8 heteroatoms. The van der Waals surface area contributed by atoms with E-state index in [0.29, 0.717) is 19.4 Å². The Hall–Kier alpha value is -1.96. The zero-order valence-corrected chi connectivity index (χ0v) is 14.9. The average Bonchev–Trinajstić information content (AvgIpc) is 2.96. The van der Waals surface area contributed by atoms with Crippen LogP contribution in [-0.2, 0) is 30.3 Å². The third kappa shape index (κ3) is 4.23. The van der Waals surface area contributed by atoms with E-state index in [0.717, 1.165) is 11.8 Å². The number of hydrogen-bond donors (Lipinski definition) is 0. The Morgan fingerprint density at radius 3 is 2.69 bits per heavy atom. The summed E-state index contributed by atoms with van der Waals surface area (Å²) < 4.78 is 23.9. The Morgan fingerprint density at radius 1 is 1.27 bits per heavy atom. The second-order valence-electron chi connectivity index (χ2n) is 6.84. The van der Waals surface area contributed by atoms with E-state index in [1.54, 1.807) is 13.8 Å². The standard InChI is InChI=1S/C18H23N3O5/c1-18(2)25-15-14(20-21-19)13(9-6-10-22)24-17(16(15)26-18)23-11-12-7-4-3-5-8-12/h3-5,7-8,10,13-17H,6,9,11H2,1-2H3/t13-,14+,15?,16?,17-/m0/s1. The van der Waals surface area contributed by atoms with Gasteiger partial charge in [0.25, 0.3) is 0 Å². The SMILES string of the molecule is CC1(C)OC2C(O1)[C@H](N=[N+]=[N-])[C@H](CCC=O)O[C@@H]2OCc1ccccc1. The Morgan fingerprint density at radius 2 is 2.00 bits per heavy atom. The van der Waals surface area contributed by atoms with Crippen LogP contribution in [0, 0.1) is 0 Å². The maximum absolute atomic E-state index is 10.8. The summed E-state index contributed by atoms with van der Waals surface area (Å²) >= 11 is 0. The van der Waals surface area contributed by atoms with Crippen LogP contribution in [0.3, 0.4) is 0 Å². The Labute approximate surface area is 152 Å². The van der Waals surface area contributed by atoms with Crippen LogP contribution in [0.4, 0.5) is 0 Å². The number of rotatable bonds is 7. The van der Waals surface area contributed by atoms with E-state index >= 15 is 0 Å². The fourth-order valence-electron chi connectivity index (χ4n) is 3.39. The molecule has 2 fully saturated rings. The van der Waals surface area contributed by atoms with Gasteiger partial charge in [-0.05, 0) is 31.4 Å². The molecule has 140 valence electrons. The lowest BCUT2D eigenvalue weighted by atomic mass is 9.94. The minimum Gasteiger partial charge on any atom is -0.346 e. The molecule has 0 N–H and O–H groups in total. The van der Waals surface area contributed by atoms with Crippen LogP contribution < -0.4 is 0 Å². The molecule has 8 nitrogen and oxygen atoms in total. The van der Waals surface area contributed by atoms with E-state index in [-0.39, 0.29) is 0 Å². The lowest BCUT2D eigenvalue weighted by molar-refractivity contribution is -0.260. The highest BCUT2D eigenvalue weighted by Crippen LogP contribution is 2.40. The quantitative estimate of drug-likeness (QED) is 0.321. The maximum atomic E-state index is 10.8. The van der Waals surface area contributed by atoms with Crippen molar-refractivity contribution >= 4 is 6.29 Å². The molecule has 1 aromatic rings. The van der Waals surface area contributed by atoms with Crippen molar-refractivity contribution < 1.29 is 23.7 Å². The van der Waals surface area contributed by atoms with E-state index in [2.05, 4.69) is 10.0 Å². The molecule has 1 aromatic carbocycles. The summed E-state index contributed by atoms with van der Waals surface area (Å²) in [4.78, 5) is 13.7. The van der Waals surface area contributed by atoms with Crippen molar-refractivity contribution in [2.45, 2.75) is 69.7 Å². The molecule has 2 saturated heterocycles. The molecule has 26 heavy (non-hydrogen) atoms.